The third kappa shape index (κ3) is 2.26. The first kappa shape index (κ1) is 11.9. The van der Waals surface area contributed by atoms with Gasteiger partial charge in [-0.3, -0.25) is 14.8 Å². The first-order chi connectivity index (χ1) is 7.99. The Morgan fingerprint density at radius 1 is 1.53 bits per heavy atom. The fourth-order valence-corrected chi connectivity index (χ4v) is 2.02. The van der Waals surface area contributed by atoms with E-state index >= 15 is 0 Å². The quantitative estimate of drug-likeness (QED) is 0.647. The summed E-state index contributed by atoms with van der Waals surface area (Å²) in [4.78, 5) is 10.0. The van der Waals surface area contributed by atoms with Crippen molar-refractivity contribution in [3.05, 3.63) is 32.9 Å². The fourth-order valence-electron chi connectivity index (χ4n) is 1.51. The number of hydrogen-bond acceptors (Lipinski definition) is 3. The van der Waals surface area contributed by atoms with E-state index < -0.39 is 17.9 Å². The lowest BCUT2D eigenvalue weighted by Gasteiger charge is -2.01. The molecule has 2 aromatic rings. The number of nitro groups is 1. The summed E-state index contributed by atoms with van der Waals surface area (Å²) in [5, 5.41) is 14.9. The first-order valence-electron chi connectivity index (χ1n) is 4.57. The molecule has 5 nitrogen and oxygen atoms in total. The van der Waals surface area contributed by atoms with Gasteiger partial charge in [-0.05, 0) is 22.0 Å². The van der Waals surface area contributed by atoms with Crippen molar-refractivity contribution in [3.63, 3.8) is 0 Å². The largest absolute Gasteiger partial charge is 0.270 e. The molecule has 0 atom stereocenters. The smallest absolute Gasteiger partial charge is 0.258 e. The van der Waals surface area contributed by atoms with Crippen LogP contribution in [-0.4, -0.2) is 21.1 Å². The van der Waals surface area contributed by atoms with Gasteiger partial charge >= 0.3 is 0 Å². The number of nitro benzene ring substituents is 1. The van der Waals surface area contributed by atoms with Crippen LogP contribution in [0.1, 0.15) is 0 Å². The van der Waals surface area contributed by atoms with Gasteiger partial charge in [0.1, 0.15) is 11.1 Å². The molecule has 1 heterocycles. The number of alkyl halides is 2. The van der Waals surface area contributed by atoms with Gasteiger partial charge in [0.05, 0.1) is 10.4 Å². The molecule has 90 valence electrons. The van der Waals surface area contributed by atoms with Gasteiger partial charge in [0.2, 0.25) is 0 Å². The number of fused-ring (bicyclic) bond motifs is 1. The average molecular weight is 306 g/mol. The highest BCUT2D eigenvalue weighted by atomic mass is 79.9. The number of hydrogen-bond donors (Lipinski definition) is 0. The molecular weight excluding hydrogens is 300 g/mol. The number of nitrogens with zero attached hydrogens (tertiary/aromatic N) is 3. The molecule has 0 fully saturated rings. The van der Waals surface area contributed by atoms with Gasteiger partial charge in [-0.1, -0.05) is 0 Å². The summed E-state index contributed by atoms with van der Waals surface area (Å²) in [5.74, 6) is 0. The van der Waals surface area contributed by atoms with E-state index in [0.29, 0.717) is 15.5 Å². The molecule has 0 amide bonds. The molecule has 0 spiro atoms. The SMILES string of the molecule is O=[N+]([O-])c1ccc2c(c1)c(Br)nn2CC(F)F. The van der Waals surface area contributed by atoms with Crippen LogP contribution in [0.3, 0.4) is 0 Å². The number of rotatable bonds is 3. The van der Waals surface area contributed by atoms with E-state index in [0.717, 1.165) is 4.68 Å². The third-order valence-electron chi connectivity index (χ3n) is 2.21. The lowest BCUT2D eigenvalue weighted by molar-refractivity contribution is -0.384. The molecule has 0 radical (unpaired) electrons. The van der Waals surface area contributed by atoms with Crippen LogP contribution in [0.4, 0.5) is 14.5 Å². The lowest BCUT2D eigenvalue weighted by atomic mass is 10.2. The molecule has 1 aromatic heterocycles. The van der Waals surface area contributed by atoms with Crippen molar-refractivity contribution in [1.29, 1.82) is 0 Å². The Morgan fingerprint density at radius 3 is 2.82 bits per heavy atom. The Labute approximate surface area is 102 Å². The highest BCUT2D eigenvalue weighted by Crippen LogP contribution is 2.27. The zero-order chi connectivity index (χ0) is 12.6. The molecule has 17 heavy (non-hydrogen) atoms. The number of non-ortho nitro benzene ring substituents is 1. The van der Waals surface area contributed by atoms with Crippen molar-refractivity contribution in [2.75, 3.05) is 0 Å². The summed E-state index contributed by atoms with van der Waals surface area (Å²) in [5.41, 5.74) is 0.331. The molecule has 8 heteroatoms. The number of benzene rings is 1. The molecule has 0 unspecified atom stereocenters. The van der Waals surface area contributed by atoms with Gasteiger partial charge in [0, 0.05) is 17.5 Å². The van der Waals surface area contributed by atoms with Gasteiger partial charge in [-0.15, -0.1) is 0 Å². The van der Waals surface area contributed by atoms with Crippen LogP contribution >= 0.6 is 15.9 Å². The first-order valence-corrected chi connectivity index (χ1v) is 5.37. The minimum Gasteiger partial charge on any atom is -0.258 e. The van der Waals surface area contributed by atoms with E-state index in [2.05, 4.69) is 21.0 Å². The van der Waals surface area contributed by atoms with Crippen LogP contribution in [0.15, 0.2) is 22.8 Å². The molecule has 0 aliphatic heterocycles. The van der Waals surface area contributed by atoms with Crippen molar-refractivity contribution in [2.45, 2.75) is 13.0 Å². The molecule has 0 saturated heterocycles. The van der Waals surface area contributed by atoms with Crippen molar-refractivity contribution in [2.24, 2.45) is 0 Å². The van der Waals surface area contributed by atoms with Gasteiger partial charge < -0.3 is 0 Å². The Balaban J connectivity index is 2.57. The van der Waals surface area contributed by atoms with E-state index in [4.69, 9.17) is 0 Å². The van der Waals surface area contributed by atoms with E-state index in [-0.39, 0.29) is 5.69 Å². The number of aromatic nitrogens is 2. The van der Waals surface area contributed by atoms with Gasteiger partial charge in [-0.25, -0.2) is 8.78 Å². The average Bonchev–Trinajstić information content (AvgIpc) is 2.54. The van der Waals surface area contributed by atoms with Crippen LogP contribution in [0, 0.1) is 10.1 Å². The second-order valence-electron chi connectivity index (χ2n) is 3.32. The maximum Gasteiger partial charge on any atom is 0.270 e. The summed E-state index contributed by atoms with van der Waals surface area (Å²) >= 11 is 3.09. The van der Waals surface area contributed by atoms with E-state index in [1.807, 2.05) is 0 Å². The van der Waals surface area contributed by atoms with E-state index in [9.17, 15) is 18.9 Å². The maximum atomic E-state index is 12.3. The van der Waals surface area contributed by atoms with Gasteiger partial charge in [-0.2, -0.15) is 5.10 Å². The molecule has 0 aliphatic rings. The summed E-state index contributed by atoms with van der Waals surface area (Å²) in [6.45, 7) is -0.542. The molecule has 0 saturated carbocycles. The Bertz CT molecular complexity index is 585. The summed E-state index contributed by atoms with van der Waals surface area (Å²) in [7, 11) is 0. The molecule has 1 aromatic carbocycles. The lowest BCUT2D eigenvalue weighted by Crippen LogP contribution is -2.07. The summed E-state index contributed by atoms with van der Waals surface area (Å²) < 4.78 is 26.0. The second-order valence-corrected chi connectivity index (χ2v) is 4.07. The normalized spacial score (nSPS) is 11.3. The van der Waals surface area contributed by atoms with Crippen molar-refractivity contribution >= 4 is 32.5 Å². The molecule has 0 bridgehead atoms. The minimum atomic E-state index is -2.53. The molecule has 2 rings (SSSR count). The monoisotopic (exact) mass is 305 g/mol. The van der Waals surface area contributed by atoms with Gasteiger partial charge in [0.15, 0.2) is 0 Å². The summed E-state index contributed by atoms with van der Waals surface area (Å²) in [6.07, 6.45) is -2.53. The summed E-state index contributed by atoms with van der Waals surface area (Å²) in [6, 6.07) is 3.97. The van der Waals surface area contributed by atoms with Crippen LogP contribution in [0.2, 0.25) is 0 Å². The number of halogens is 3. The molecule has 0 aliphatic carbocycles. The van der Waals surface area contributed by atoms with Crippen LogP contribution in [-0.2, 0) is 6.54 Å². The zero-order valence-electron chi connectivity index (χ0n) is 8.31. The molecular formula is C9H6BrF2N3O2. The van der Waals surface area contributed by atoms with Gasteiger partial charge in [0.25, 0.3) is 12.1 Å². The Kier molecular flexibility index (Phi) is 3.05. The van der Waals surface area contributed by atoms with Crippen LogP contribution in [0.25, 0.3) is 10.9 Å². The zero-order valence-corrected chi connectivity index (χ0v) is 9.89. The Hall–Kier alpha value is -1.57. The second kappa shape index (κ2) is 4.36. The third-order valence-corrected chi connectivity index (χ3v) is 2.80. The predicted molar refractivity (Wildman–Crippen MR) is 60.1 cm³/mol. The van der Waals surface area contributed by atoms with Crippen molar-refractivity contribution in [3.8, 4) is 0 Å². The topological polar surface area (TPSA) is 61.0 Å². The Morgan fingerprint density at radius 2 is 2.24 bits per heavy atom. The van der Waals surface area contributed by atoms with Crippen LogP contribution in [0.5, 0.6) is 0 Å². The standard InChI is InChI=1S/C9H6BrF2N3O2/c10-9-6-3-5(15(16)17)1-2-7(6)14(13-9)4-8(11)12/h1-3,8H,4H2. The van der Waals surface area contributed by atoms with Crippen LogP contribution < -0.4 is 0 Å². The van der Waals surface area contributed by atoms with E-state index in [1.54, 1.807) is 0 Å². The van der Waals surface area contributed by atoms with Crippen molar-refractivity contribution in [1.82, 2.24) is 9.78 Å². The van der Waals surface area contributed by atoms with E-state index in [1.165, 1.54) is 18.2 Å². The maximum absolute atomic E-state index is 12.3. The minimum absolute atomic E-state index is 0.102. The predicted octanol–water partition coefficient (Wildman–Crippen LogP) is 2.97. The fraction of sp³-hybridized carbons (Fsp3) is 0.222. The van der Waals surface area contributed by atoms with Crippen molar-refractivity contribution < 1.29 is 13.7 Å². The highest BCUT2D eigenvalue weighted by Gasteiger charge is 2.15. The highest BCUT2D eigenvalue weighted by molar-refractivity contribution is 9.10. The molecule has 0 N–H and O–H groups in total.